The third kappa shape index (κ3) is 1.96. The molecule has 1 aromatic heterocycles. The van der Waals surface area contributed by atoms with Crippen LogP contribution < -0.4 is 5.59 Å². The molecule has 0 atom stereocenters. The van der Waals surface area contributed by atoms with Gasteiger partial charge in [0.2, 0.25) is 0 Å². The van der Waals surface area contributed by atoms with Gasteiger partial charge in [0, 0.05) is 6.20 Å². The summed E-state index contributed by atoms with van der Waals surface area (Å²) in [6, 6.07) is 7.79. The van der Waals surface area contributed by atoms with Gasteiger partial charge in [-0.25, -0.2) is 0 Å². The Kier molecular flexibility index (Phi) is 2.49. The average molecular weight is 225 g/mol. The zero-order chi connectivity index (χ0) is 11.8. The summed E-state index contributed by atoms with van der Waals surface area (Å²) >= 11 is 0. The Morgan fingerprint density at radius 2 is 1.94 bits per heavy atom. The molecule has 6 heteroatoms. The SMILES string of the molecule is Cc1cccc(-n2nccc2[B-](F)(F)F)c1. The normalized spacial score (nSPS) is 11.8. The fourth-order valence-corrected chi connectivity index (χ4v) is 1.54. The van der Waals surface area contributed by atoms with E-state index in [4.69, 9.17) is 0 Å². The van der Waals surface area contributed by atoms with Gasteiger partial charge in [0.25, 0.3) is 0 Å². The van der Waals surface area contributed by atoms with Crippen LogP contribution in [0.15, 0.2) is 36.5 Å². The van der Waals surface area contributed by atoms with Gasteiger partial charge < -0.3 is 12.9 Å². The first-order valence-corrected chi connectivity index (χ1v) is 4.79. The molecule has 2 nitrogen and oxygen atoms in total. The summed E-state index contributed by atoms with van der Waals surface area (Å²) in [5.74, 6) is 0. The molecule has 0 N–H and O–H groups in total. The molecule has 2 rings (SSSR count). The van der Waals surface area contributed by atoms with Crippen molar-refractivity contribution >= 4 is 12.6 Å². The minimum absolute atomic E-state index is 0.430. The Labute approximate surface area is 90.8 Å². The van der Waals surface area contributed by atoms with Gasteiger partial charge in [0.1, 0.15) is 0 Å². The summed E-state index contributed by atoms with van der Waals surface area (Å²) in [5.41, 5.74) is 0.624. The second-order valence-corrected chi connectivity index (χ2v) is 3.58. The molecule has 2 aromatic rings. The lowest BCUT2D eigenvalue weighted by molar-refractivity contribution is 0.495. The fourth-order valence-electron chi connectivity index (χ4n) is 1.54. The summed E-state index contributed by atoms with van der Waals surface area (Å²) in [7, 11) is 0. The van der Waals surface area contributed by atoms with Crippen LogP contribution in [0.4, 0.5) is 12.9 Å². The van der Waals surface area contributed by atoms with E-state index in [1.807, 2.05) is 13.0 Å². The zero-order valence-electron chi connectivity index (χ0n) is 8.57. The van der Waals surface area contributed by atoms with E-state index in [0.717, 1.165) is 22.5 Å². The number of halogens is 3. The molecular formula is C10H9BF3N2-. The molecule has 0 aliphatic carbocycles. The maximum Gasteiger partial charge on any atom is 0.527 e. The largest absolute Gasteiger partial charge is 0.527 e. The van der Waals surface area contributed by atoms with Crippen LogP contribution in [0.2, 0.25) is 0 Å². The van der Waals surface area contributed by atoms with Crippen molar-refractivity contribution in [1.29, 1.82) is 0 Å². The molecular weight excluding hydrogens is 216 g/mol. The molecule has 0 fully saturated rings. The van der Waals surface area contributed by atoms with Gasteiger partial charge in [-0.15, -0.1) is 0 Å². The molecule has 0 amide bonds. The molecule has 0 bridgehead atoms. The number of benzene rings is 1. The molecule has 0 radical (unpaired) electrons. The predicted molar refractivity (Wildman–Crippen MR) is 57.0 cm³/mol. The summed E-state index contributed by atoms with van der Waals surface area (Å²) in [6.07, 6.45) is 1.16. The van der Waals surface area contributed by atoms with Crippen molar-refractivity contribution in [3.63, 3.8) is 0 Å². The standard InChI is InChI=1S/C10H9BF3N2/c1-8-3-2-4-9(7-8)16-10(5-6-15-16)11(12,13)14/h2-7H,1H3/q-1. The lowest BCUT2D eigenvalue weighted by Gasteiger charge is -2.17. The Morgan fingerprint density at radius 1 is 1.19 bits per heavy atom. The number of aryl methyl sites for hydroxylation is 1. The number of hydrogen-bond acceptors (Lipinski definition) is 1. The molecule has 0 aliphatic rings. The van der Waals surface area contributed by atoms with E-state index >= 15 is 0 Å². The Hall–Kier alpha value is -1.72. The monoisotopic (exact) mass is 225 g/mol. The van der Waals surface area contributed by atoms with Gasteiger partial charge in [0.05, 0.1) is 5.69 Å². The smallest absolute Gasteiger partial charge is 0.444 e. The molecule has 84 valence electrons. The first-order valence-electron chi connectivity index (χ1n) is 4.79. The highest BCUT2D eigenvalue weighted by Gasteiger charge is 2.30. The van der Waals surface area contributed by atoms with Gasteiger partial charge in [-0.2, -0.15) is 5.10 Å². The molecule has 16 heavy (non-hydrogen) atoms. The van der Waals surface area contributed by atoms with Crippen molar-refractivity contribution in [3.05, 3.63) is 42.1 Å². The second-order valence-electron chi connectivity index (χ2n) is 3.58. The highest BCUT2D eigenvalue weighted by molar-refractivity contribution is 6.72. The van der Waals surface area contributed by atoms with Crippen LogP contribution in [0.25, 0.3) is 5.69 Å². The first kappa shape index (κ1) is 10.8. The summed E-state index contributed by atoms with van der Waals surface area (Å²) in [5, 5.41) is 3.71. The van der Waals surface area contributed by atoms with E-state index in [1.54, 1.807) is 18.2 Å². The van der Waals surface area contributed by atoms with Crippen molar-refractivity contribution in [2.24, 2.45) is 0 Å². The molecule has 1 aromatic carbocycles. The van der Waals surface area contributed by atoms with Crippen LogP contribution in [0.3, 0.4) is 0 Å². The number of aromatic nitrogens is 2. The maximum absolute atomic E-state index is 12.7. The van der Waals surface area contributed by atoms with Crippen molar-refractivity contribution in [1.82, 2.24) is 9.78 Å². The van der Waals surface area contributed by atoms with E-state index in [9.17, 15) is 12.9 Å². The van der Waals surface area contributed by atoms with Gasteiger partial charge in [-0.3, -0.25) is 4.68 Å². The van der Waals surface area contributed by atoms with Crippen molar-refractivity contribution in [3.8, 4) is 5.69 Å². The molecule has 0 aliphatic heterocycles. The van der Waals surface area contributed by atoms with Crippen molar-refractivity contribution in [2.45, 2.75) is 6.92 Å². The van der Waals surface area contributed by atoms with Gasteiger partial charge in [0.15, 0.2) is 0 Å². The van der Waals surface area contributed by atoms with E-state index < -0.39 is 12.6 Å². The minimum Gasteiger partial charge on any atom is -0.444 e. The Balaban J connectivity index is 2.53. The Bertz CT molecular complexity index is 505. The van der Waals surface area contributed by atoms with Crippen LogP contribution in [0.5, 0.6) is 0 Å². The number of hydrogen-bond donors (Lipinski definition) is 0. The van der Waals surface area contributed by atoms with E-state index in [-0.39, 0.29) is 0 Å². The lowest BCUT2D eigenvalue weighted by Crippen LogP contribution is -2.39. The Morgan fingerprint density at radius 3 is 2.56 bits per heavy atom. The molecule has 1 heterocycles. The number of nitrogens with zero attached hydrogens (tertiary/aromatic N) is 2. The summed E-state index contributed by atoms with van der Waals surface area (Å²) in [6.45, 7) is -3.21. The van der Waals surface area contributed by atoms with E-state index in [0.29, 0.717) is 5.69 Å². The van der Waals surface area contributed by atoms with Crippen LogP contribution in [0.1, 0.15) is 5.56 Å². The van der Waals surface area contributed by atoms with Crippen molar-refractivity contribution in [2.75, 3.05) is 0 Å². The van der Waals surface area contributed by atoms with E-state index in [2.05, 4.69) is 5.10 Å². The van der Waals surface area contributed by atoms with Crippen LogP contribution in [-0.4, -0.2) is 16.8 Å². The van der Waals surface area contributed by atoms with Crippen LogP contribution in [0, 0.1) is 6.92 Å². The van der Waals surface area contributed by atoms with Gasteiger partial charge >= 0.3 is 6.98 Å². The molecule has 0 spiro atoms. The number of rotatable bonds is 2. The quantitative estimate of drug-likeness (QED) is 0.716. The lowest BCUT2D eigenvalue weighted by atomic mass is 9.86. The second kappa shape index (κ2) is 3.70. The summed E-state index contributed by atoms with van der Waals surface area (Å²) < 4.78 is 38.9. The summed E-state index contributed by atoms with van der Waals surface area (Å²) in [4.78, 5) is 0. The topological polar surface area (TPSA) is 17.8 Å². The molecule has 0 unspecified atom stereocenters. The average Bonchev–Trinajstić information content (AvgIpc) is 2.65. The minimum atomic E-state index is -5.04. The van der Waals surface area contributed by atoms with Crippen LogP contribution >= 0.6 is 0 Å². The van der Waals surface area contributed by atoms with Gasteiger partial charge in [-0.05, 0) is 30.2 Å². The molecule has 0 saturated heterocycles. The maximum atomic E-state index is 12.7. The van der Waals surface area contributed by atoms with Crippen LogP contribution in [-0.2, 0) is 0 Å². The van der Waals surface area contributed by atoms with E-state index in [1.165, 1.54) is 0 Å². The highest BCUT2D eigenvalue weighted by atomic mass is 19.4. The molecule has 0 saturated carbocycles. The van der Waals surface area contributed by atoms with Crippen molar-refractivity contribution < 1.29 is 12.9 Å². The highest BCUT2D eigenvalue weighted by Crippen LogP contribution is 2.13. The van der Waals surface area contributed by atoms with Gasteiger partial charge in [-0.1, -0.05) is 18.2 Å². The third-order valence-corrected chi connectivity index (χ3v) is 2.25. The third-order valence-electron chi connectivity index (χ3n) is 2.25. The first-order chi connectivity index (χ1) is 7.48. The fraction of sp³-hybridized carbons (Fsp3) is 0.100. The zero-order valence-corrected chi connectivity index (χ0v) is 8.57. The predicted octanol–water partition coefficient (Wildman–Crippen LogP) is 2.24.